The molecule has 0 aliphatic heterocycles. The Bertz CT molecular complexity index is 411. The van der Waals surface area contributed by atoms with Crippen LogP contribution in [-0.4, -0.2) is 10.1 Å². The van der Waals surface area contributed by atoms with Crippen LogP contribution in [0.5, 0.6) is 0 Å². The highest BCUT2D eigenvalue weighted by atomic mass is 16.3. The van der Waals surface area contributed by atoms with E-state index in [4.69, 9.17) is 0 Å². The van der Waals surface area contributed by atoms with Gasteiger partial charge in [-0.15, -0.1) is 0 Å². The van der Waals surface area contributed by atoms with E-state index in [9.17, 15) is 5.11 Å². The van der Waals surface area contributed by atoms with Crippen LogP contribution >= 0.6 is 0 Å². The van der Waals surface area contributed by atoms with Gasteiger partial charge in [0.15, 0.2) is 0 Å². The minimum Gasteiger partial charge on any atom is -0.387 e. The molecule has 0 amide bonds. The largest absolute Gasteiger partial charge is 0.387 e. The van der Waals surface area contributed by atoms with Crippen LogP contribution in [0.3, 0.4) is 0 Å². The van der Waals surface area contributed by atoms with Gasteiger partial charge in [0, 0.05) is 11.4 Å². The van der Waals surface area contributed by atoms with Crippen LogP contribution in [0.25, 0.3) is 0 Å². The number of H-pyrrole nitrogens is 1. The summed E-state index contributed by atoms with van der Waals surface area (Å²) >= 11 is 0. The van der Waals surface area contributed by atoms with Crippen LogP contribution in [0.2, 0.25) is 0 Å². The summed E-state index contributed by atoms with van der Waals surface area (Å²) < 4.78 is 0. The number of aromatic amines is 1. The first-order valence-corrected chi connectivity index (χ1v) is 6.41. The van der Waals surface area contributed by atoms with Gasteiger partial charge in [0.25, 0.3) is 0 Å². The van der Waals surface area contributed by atoms with E-state index < -0.39 is 0 Å². The molecule has 88 valence electrons. The van der Waals surface area contributed by atoms with Gasteiger partial charge in [-0.3, -0.25) is 0 Å². The van der Waals surface area contributed by atoms with Crippen LogP contribution in [0.4, 0.5) is 0 Å². The SMILES string of the molecule is Cc1[nH]c(C(O)C2CC3CC3C2)c(C)c1C. The smallest absolute Gasteiger partial charge is 0.0968 e. The highest BCUT2D eigenvalue weighted by molar-refractivity contribution is 5.35. The third kappa shape index (κ3) is 1.43. The fraction of sp³-hybridized carbons (Fsp3) is 0.714. The van der Waals surface area contributed by atoms with E-state index in [1.54, 1.807) is 0 Å². The highest BCUT2D eigenvalue weighted by Gasteiger charge is 2.48. The molecule has 1 aromatic heterocycles. The fourth-order valence-corrected chi connectivity index (χ4v) is 3.42. The molecule has 0 spiro atoms. The fourth-order valence-electron chi connectivity index (χ4n) is 3.42. The monoisotopic (exact) mass is 219 g/mol. The predicted octanol–water partition coefficient (Wildman–Crippen LogP) is 3.02. The number of aliphatic hydroxyl groups is 1. The first-order chi connectivity index (χ1) is 7.58. The minimum absolute atomic E-state index is 0.264. The Morgan fingerprint density at radius 3 is 2.19 bits per heavy atom. The molecular weight excluding hydrogens is 198 g/mol. The summed E-state index contributed by atoms with van der Waals surface area (Å²) in [5.74, 6) is 2.38. The maximum atomic E-state index is 10.4. The number of aromatic nitrogens is 1. The van der Waals surface area contributed by atoms with Gasteiger partial charge < -0.3 is 10.1 Å². The molecule has 2 N–H and O–H groups in total. The molecule has 2 aliphatic rings. The Hall–Kier alpha value is -0.760. The summed E-state index contributed by atoms with van der Waals surface area (Å²) in [6, 6.07) is 0. The molecule has 3 atom stereocenters. The Kier molecular flexibility index (Phi) is 2.19. The summed E-state index contributed by atoms with van der Waals surface area (Å²) in [6.45, 7) is 6.33. The molecule has 0 radical (unpaired) electrons. The standard InChI is InChI=1S/C14H21NO/c1-7-8(2)13(15-9(7)3)14(16)12-5-10-4-11(10)6-12/h10-12,14-16H,4-6H2,1-3H3. The lowest BCUT2D eigenvalue weighted by atomic mass is 9.93. The molecule has 2 aliphatic carbocycles. The zero-order valence-electron chi connectivity index (χ0n) is 10.4. The molecule has 1 heterocycles. The molecule has 0 aromatic carbocycles. The van der Waals surface area contributed by atoms with E-state index in [2.05, 4.69) is 25.8 Å². The van der Waals surface area contributed by atoms with Gasteiger partial charge in [0.1, 0.15) is 0 Å². The molecular formula is C14H21NO. The second kappa shape index (κ2) is 3.36. The first-order valence-electron chi connectivity index (χ1n) is 6.41. The number of hydrogen-bond donors (Lipinski definition) is 2. The van der Waals surface area contributed by atoms with Crippen molar-refractivity contribution in [2.24, 2.45) is 17.8 Å². The molecule has 2 saturated carbocycles. The van der Waals surface area contributed by atoms with Crippen LogP contribution in [0.15, 0.2) is 0 Å². The molecule has 2 heteroatoms. The highest BCUT2D eigenvalue weighted by Crippen LogP contribution is 2.57. The van der Waals surface area contributed by atoms with E-state index in [0.717, 1.165) is 17.5 Å². The van der Waals surface area contributed by atoms with Crippen LogP contribution in [0.1, 0.15) is 47.9 Å². The van der Waals surface area contributed by atoms with E-state index in [1.807, 2.05) is 0 Å². The summed E-state index contributed by atoms with van der Waals surface area (Å²) in [5, 5.41) is 10.4. The Morgan fingerprint density at radius 2 is 1.69 bits per heavy atom. The second-order valence-electron chi connectivity index (χ2n) is 5.85. The van der Waals surface area contributed by atoms with Crippen molar-refractivity contribution in [1.82, 2.24) is 4.98 Å². The number of hydrogen-bond acceptors (Lipinski definition) is 1. The van der Waals surface area contributed by atoms with Gasteiger partial charge in [-0.1, -0.05) is 0 Å². The van der Waals surface area contributed by atoms with Crippen molar-refractivity contribution in [3.8, 4) is 0 Å². The number of aliphatic hydroxyl groups excluding tert-OH is 1. The molecule has 0 bridgehead atoms. The average Bonchev–Trinajstić information content (AvgIpc) is 2.80. The van der Waals surface area contributed by atoms with Crippen molar-refractivity contribution in [3.63, 3.8) is 0 Å². The zero-order valence-corrected chi connectivity index (χ0v) is 10.4. The normalized spacial score (nSPS) is 33.9. The molecule has 2 fully saturated rings. The lowest BCUT2D eigenvalue weighted by molar-refractivity contribution is 0.100. The van der Waals surface area contributed by atoms with Gasteiger partial charge in [-0.25, -0.2) is 0 Å². The molecule has 0 saturated heterocycles. The topological polar surface area (TPSA) is 36.0 Å². The van der Waals surface area contributed by atoms with Crippen LogP contribution in [0, 0.1) is 38.5 Å². The van der Waals surface area contributed by atoms with E-state index >= 15 is 0 Å². The third-order valence-electron chi connectivity index (χ3n) is 4.87. The second-order valence-corrected chi connectivity index (χ2v) is 5.85. The summed E-state index contributed by atoms with van der Waals surface area (Å²) in [4.78, 5) is 3.37. The molecule has 2 nitrogen and oxygen atoms in total. The number of fused-ring (bicyclic) bond motifs is 1. The van der Waals surface area contributed by atoms with Gasteiger partial charge in [-0.2, -0.15) is 0 Å². The van der Waals surface area contributed by atoms with Gasteiger partial charge in [0.05, 0.1) is 6.10 Å². The molecule has 3 rings (SSSR count). The Labute approximate surface area is 97.1 Å². The molecule has 3 unspecified atom stereocenters. The quantitative estimate of drug-likeness (QED) is 0.788. The lowest BCUT2D eigenvalue weighted by Crippen LogP contribution is -2.12. The van der Waals surface area contributed by atoms with Crippen molar-refractivity contribution in [1.29, 1.82) is 0 Å². The van der Waals surface area contributed by atoms with Crippen LogP contribution < -0.4 is 0 Å². The number of aryl methyl sites for hydroxylation is 1. The molecule has 16 heavy (non-hydrogen) atoms. The third-order valence-corrected chi connectivity index (χ3v) is 4.87. The maximum Gasteiger partial charge on any atom is 0.0968 e. The minimum atomic E-state index is -0.264. The summed E-state index contributed by atoms with van der Waals surface area (Å²) in [7, 11) is 0. The van der Waals surface area contributed by atoms with Gasteiger partial charge >= 0.3 is 0 Å². The number of rotatable bonds is 2. The zero-order chi connectivity index (χ0) is 11.4. The number of nitrogens with one attached hydrogen (secondary N) is 1. The van der Waals surface area contributed by atoms with E-state index in [0.29, 0.717) is 5.92 Å². The lowest BCUT2D eigenvalue weighted by Gasteiger charge is -2.19. The van der Waals surface area contributed by atoms with Crippen molar-refractivity contribution >= 4 is 0 Å². The Morgan fingerprint density at radius 1 is 1.06 bits per heavy atom. The molecule has 1 aromatic rings. The van der Waals surface area contributed by atoms with E-state index in [-0.39, 0.29) is 6.10 Å². The summed E-state index contributed by atoms with van der Waals surface area (Å²) in [5.41, 5.74) is 4.83. The van der Waals surface area contributed by atoms with E-state index in [1.165, 1.54) is 36.1 Å². The first kappa shape index (κ1) is 10.4. The van der Waals surface area contributed by atoms with Crippen molar-refractivity contribution in [2.45, 2.75) is 46.1 Å². The predicted molar refractivity (Wildman–Crippen MR) is 64.3 cm³/mol. The summed E-state index contributed by atoms with van der Waals surface area (Å²) in [6.07, 6.45) is 3.63. The van der Waals surface area contributed by atoms with Crippen LogP contribution in [-0.2, 0) is 0 Å². The van der Waals surface area contributed by atoms with Crippen molar-refractivity contribution in [3.05, 3.63) is 22.5 Å². The average molecular weight is 219 g/mol. The maximum absolute atomic E-state index is 10.4. The van der Waals surface area contributed by atoms with Crippen molar-refractivity contribution in [2.75, 3.05) is 0 Å². The van der Waals surface area contributed by atoms with Gasteiger partial charge in [-0.05, 0) is 68.9 Å². The van der Waals surface area contributed by atoms with Gasteiger partial charge in [0.2, 0.25) is 0 Å². The Balaban J connectivity index is 1.83. The van der Waals surface area contributed by atoms with Crippen molar-refractivity contribution < 1.29 is 5.11 Å².